The Hall–Kier alpha value is -1.44. The van der Waals surface area contributed by atoms with E-state index in [4.69, 9.17) is 4.74 Å². The van der Waals surface area contributed by atoms with E-state index < -0.39 is 10.0 Å². The average Bonchev–Trinajstić information content (AvgIpc) is 2.39. The molecule has 2 N–H and O–H groups in total. The molecule has 1 amide bonds. The van der Waals surface area contributed by atoms with Crippen molar-refractivity contribution < 1.29 is 17.9 Å². The predicted molar refractivity (Wildman–Crippen MR) is 71.6 cm³/mol. The first-order valence-electron chi connectivity index (χ1n) is 5.73. The number of hydrogen-bond acceptors (Lipinski definition) is 4. The molecule has 7 heteroatoms. The Bertz CT molecular complexity index is 555. The van der Waals surface area contributed by atoms with E-state index in [2.05, 4.69) is 10.0 Å². The van der Waals surface area contributed by atoms with Crippen LogP contribution in [0.15, 0.2) is 23.1 Å². The van der Waals surface area contributed by atoms with Crippen molar-refractivity contribution >= 4 is 15.9 Å². The van der Waals surface area contributed by atoms with Crippen LogP contribution in [0.2, 0.25) is 0 Å². The molecule has 0 radical (unpaired) electrons. The maximum atomic E-state index is 11.9. The van der Waals surface area contributed by atoms with Crippen LogP contribution in [0.3, 0.4) is 0 Å². The fourth-order valence-corrected chi connectivity index (χ4v) is 2.25. The van der Waals surface area contributed by atoms with Crippen LogP contribution in [0.5, 0.6) is 0 Å². The van der Waals surface area contributed by atoms with Crippen molar-refractivity contribution in [3.05, 3.63) is 29.3 Å². The summed E-state index contributed by atoms with van der Waals surface area (Å²) in [6, 6.07) is 4.44. The van der Waals surface area contributed by atoms with Gasteiger partial charge in [-0.25, -0.2) is 13.1 Å². The van der Waals surface area contributed by atoms with Crippen molar-refractivity contribution in [1.82, 2.24) is 10.0 Å². The smallest absolute Gasteiger partial charge is 0.251 e. The Labute approximate surface area is 113 Å². The molecule has 106 valence electrons. The Kier molecular flexibility index (Phi) is 5.46. The number of amides is 1. The monoisotopic (exact) mass is 286 g/mol. The van der Waals surface area contributed by atoms with Crippen molar-refractivity contribution in [1.29, 1.82) is 0 Å². The molecule has 0 heterocycles. The summed E-state index contributed by atoms with van der Waals surface area (Å²) in [5, 5.41) is 2.66. The number of benzene rings is 1. The summed E-state index contributed by atoms with van der Waals surface area (Å²) in [5.74, 6) is -0.317. The van der Waals surface area contributed by atoms with Gasteiger partial charge in [-0.3, -0.25) is 4.79 Å². The molecule has 0 aliphatic rings. The quantitative estimate of drug-likeness (QED) is 0.736. The first-order chi connectivity index (χ1) is 8.92. The van der Waals surface area contributed by atoms with Crippen LogP contribution in [-0.4, -0.2) is 41.6 Å². The number of ether oxygens (including phenoxy) is 1. The maximum absolute atomic E-state index is 11.9. The van der Waals surface area contributed by atoms with E-state index in [1.54, 1.807) is 13.0 Å². The van der Waals surface area contributed by atoms with Gasteiger partial charge in [-0.1, -0.05) is 6.07 Å². The van der Waals surface area contributed by atoms with Crippen molar-refractivity contribution in [3.63, 3.8) is 0 Å². The molecule has 0 aliphatic carbocycles. The van der Waals surface area contributed by atoms with E-state index in [0.717, 1.165) is 0 Å². The molecule has 1 aromatic carbocycles. The molecule has 1 rings (SSSR count). The van der Waals surface area contributed by atoms with Crippen LogP contribution in [0, 0.1) is 6.92 Å². The van der Waals surface area contributed by atoms with Gasteiger partial charge in [-0.15, -0.1) is 0 Å². The topological polar surface area (TPSA) is 84.5 Å². The van der Waals surface area contributed by atoms with Crippen LogP contribution >= 0.6 is 0 Å². The van der Waals surface area contributed by atoms with Gasteiger partial charge in [0.15, 0.2) is 0 Å². The van der Waals surface area contributed by atoms with Crippen LogP contribution in [-0.2, 0) is 14.8 Å². The zero-order chi connectivity index (χ0) is 14.5. The molecule has 0 bridgehead atoms. The average molecular weight is 286 g/mol. The third kappa shape index (κ3) is 4.02. The molecule has 0 spiro atoms. The van der Waals surface area contributed by atoms with Gasteiger partial charge in [0.2, 0.25) is 10.0 Å². The molecule has 0 aromatic heterocycles. The van der Waals surface area contributed by atoms with Crippen molar-refractivity contribution in [2.24, 2.45) is 0 Å². The molecule has 0 atom stereocenters. The molecule has 0 saturated heterocycles. The highest BCUT2D eigenvalue weighted by Crippen LogP contribution is 2.15. The van der Waals surface area contributed by atoms with Gasteiger partial charge in [0.05, 0.1) is 11.5 Å². The second kappa shape index (κ2) is 6.65. The fourth-order valence-electron chi connectivity index (χ4n) is 1.49. The van der Waals surface area contributed by atoms with Crippen LogP contribution < -0.4 is 10.0 Å². The van der Waals surface area contributed by atoms with Gasteiger partial charge < -0.3 is 10.1 Å². The van der Waals surface area contributed by atoms with Crippen molar-refractivity contribution in [2.75, 3.05) is 27.3 Å². The van der Waals surface area contributed by atoms with Crippen molar-refractivity contribution in [2.45, 2.75) is 11.8 Å². The largest absolute Gasteiger partial charge is 0.383 e. The molecule has 0 aliphatic heterocycles. The van der Waals surface area contributed by atoms with Gasteiger partial charge in [-0.2, -0.15) is 0 Å². The summed E-state index contributed by atoms with van der Waals surface area (Å²) in [6.45, 7) is 2.53. The first kappa shape index (κ1) is 15.6. The summed E-state index contributed by atoms with van der Waals surface area (Å²) in [6.07, 6.45) is 0. The Morgan fingerprint density at radius 1 is 1.37 bits per heavy atom. The van der Waals surface area contributed by atoms with Crippen molar-refractivity contribution in [3.8, 4) is 0 Å². The lowest BCUT2D eigenvalue weighted by Gasteiger charge is -2.09. The fraction of sp³-hybridized carbons (Fsp3) is 0.417. The molecule has 0 fully saturated rings. The van der Waals surface area contributed by atoms with Gasteiger partial charge in [0.1, 0.15) is 0 Å². The number of nitrogens with one attached hydrogen (secondary N) is 2. The molecule has 0 unspecified atom stereocenters. The van der Waals surface area contributed by atoms with Crippen LogP contribution in [0.4, 0.5) is 0 Å². The Morgan fingerprint density at radius 2 is 2.05 bits per heavy atom. The maximum Gasteiger partial charge on any atom is 0.251 e. The van der Waals surface area contributed by atoms with E-state index in [9.17, 15) is 13.2 Å². The lowest BCUT2D eigenvalue weighted by Crippen LogP contribution is -2.28. The minimum absolute atomic E-state index is 0.0671. The van der Waals surface area contributed by atoms with E-state index in [1.807, 2.05) is 0 Å². The number of carbonyl (C=O) groups excluding carboxylic acids is 1. The zero-order valence-electron chi connectivity index (χ0n) is 11.2. The van der Waals surface area contributed by atoms with Gasteiger partial charge >= 0.3 is 0 Å². The number of rotatable bonds is 6. The standard InChI is InChI=1S/C12H18N2O4S/c1-9-4-5-10(19(16,17)13-2)8-11(9)12(15)14-6-7-18-3/h4-5,8,13H,6-7H2,1-3H3,(H,14,15). The summed E-state index contributed by atoms with van der Waals surface area (Å²) in [4.78, 5) is 12.0. The number of aryl methyl sites for hydroxylation is 1. The number of sulfonamides is 1. The van der Waals surface area contributed by atoms with E-state index in [1.165, 1.54) is 26.3 Å². The lowest BCUT2D eigenvalue weighted by molar-refractivity contribution is 0.0936. The van der Waals surface area contributed by atoms with Crippen LogP contribution in [0.1, 0.15) is 15.9 Å². The summed E-state index contributed by atoms with van der Waals surface area (Å²) < 4.78 is 30.4. The molecular formula is C12H18N2O4S. The number of hydrogen-bond donors (Lipinski definition) is 2. The second-order valence-corrected chi connectivity index (χ2v) is 5.82. The minimum atomic E-state index is -3.55. The molecular weight excluding hydrogens is 268 g/mol. The van der Waals surface area contributed by atoms with Crippen LogP contribution in [0.25, 0.3) is 0 Å². The lowest BCUT2D eigenvalue weighted by atomic mass is 10.1. The Morgan fingerprint density at radius 3 is 2.63 bits per heavy atom. The van der Waals surface area contributed by atoms with E-state index in [0.29, 0.717) is 24.3 Å². The van der Waals surface area contributed by atoms with E-state index >= 15 is 0 Å². The molecule has 1 aromatic rings. The Balaban J connectivity index is 3.01. The number of methoxy groups -OCH3 is 1. The zero-order valence-corrected chi connectivity index (χ0v) is 12.0. The minimum Gasteiger partial charge on any atom is -0.383 e. The van der Waals surface area contributed by atoms with E-state index in [-0.39, 0.29) is 10.8 Å². The third-order valence-corrected chi connectivity index (χ3v) is 4.04. The SMILES string of the molecule is CNS(=O)(=O)c1ccc(C)c(C(=O)NCCOC)c1. The molecule has 6 nitrogen and oxygen atoms in total. The number of carbonyl (C=O) groups is 1. The van der Waals surface area contributed by atoms with Gasteiger partial charge in [0, 0.05) is 19.2 Å². The highest BCUT2D eigenvalue weighted by Gasteiger charge is 2.16. The molecule has 19 heavy (non-hydrogen) atoms. The highest BCUT2D eigenvalue weighted by molar-refractivity contribution is 7.89. The first-order valence-corrected chi connectivity index (χ1v) is 7.22. The highest BCUT2D eigenvalue weighted by atomic mass is 32.2. The molecule has 0 saturated carbocycles. The second-order valence-electron chi connectivity index (χ2n) is 3.93. The third-order valence-electron chi connectivity index (χ3n) is 2.62. The summed E-state index contributed by atoms with van der Waals surface area (Å²) in [7, 11) is -0.685. The normalized spacial score (nSPS) is 11.3. The summed E-state index contributed by atoms with van der Waals surface area (Å²) in [5.41, 5.74) is 1.05. The summed E-state index contributed by atoms with van der Waals surface area (Å²) >= 11 is 0. The van der Waals surface area contributed by atoms with Gasteiger partial charge in [-0.05, 0) is 31.7 Å². The van der Waals surface area contributed by atoms with Gasteiger partial charge in [0.25, 0.3) is 5.91 Å². The predicted octanol–water partition coefficient (Wildman–Crippen LogP) is 0.279.